The number of hydrogen-bond acceptors (Lipinski definition) is 1. The van der Waals surface area contributed by atoms with Gasteiger partial charge in [-0.2, -0.15) is 0 Å². The molecule has 1 saturated carbocycles. The maximum atomic E-state index is 5.53. The Morgan fingerprint density at radius 2 is 1.52 bits per heavy atom. The molecule has 29 heavy (non-hydrogen) atoms. The van der Waals surface area contributed by atoms with Crippen LogP contribution in [0.2, 0.25) is 0 Å². The van der Waals surface area contributed by atoms with Gasteiger partial charge in [0.25, 0.3) is 0 Å². The number of benzene rings is 1. The molecule has 0 unspecified atom stereocenters. The Labute approximate surface area is 183 Å². The van der Waals surface area contributed by atoms with Gasteiger partial charge in [-0.3, -0.25) is 0 Å². The standard InChI is InChI=1S/C16H21N.C8H16.2C2H6/c1-4-13(2)5-6-14(3)16-9-7-15(8-10-16)11-12-17;1-2-8-6-4-3-5-7-8;2*1-2/h4-10H,1,11-12,17H2,2-3H3;8H,2-7H2,1H3;2*1-2H3/b13-5-,14-6+;;;. The third-order valence-corrected chi connectivity index (χ3v) is 5.06. The van der Waals surface area contributed by atoms with Gasteiger partial charge in [0.15, 0.2) is 0 Å². The van der Waals surface area contributed by atoms with E-state index in [1.807, 2.05) is 40.7 Å². The van der Waals surface area contributed by atoms with Crippen LogP contribution in [-0.4, -0.2) is 6.54 Å². The lowest BCUT2D eigenvalue weighted by Gasteiger charge is -2.18. The number of allylic oxidation sites excluding steroid dienone is 5. The highest BCUT2D eigenvalue weighted by Gasteiger charge is 2.09. The van der Waals surface area contributed by atoms with Gasteiger partial charge in [-0.05, 0) is 49.4 Å². The van der Waals surface area contributed by atoms with Gasteiger partial charge in [-0.15, -0.1) is 0 Å². The van der Waals surface area contributed by atoms with Crippen molar-refractivity contribution in [2.45, 2.75) is 93.4 Å². The van der Waals surface area contributed by atoms with E-state index in [1.54, 1.807) is 0 Å². The molecule has 0 spiro atoms. The van der Waals surface area contributed by atoms with E-state index >= 15 is 0 Å². The topological polar surface area (TPSA) is 26.0 Å². The predicted molar refractivity (Wildman–Crippen MR) is 136 cm³/mol. The van der Waals surface area contributed by atoms with E-state index < -0.39 is 0 Å². The molecular weight excluding hydrogens is 350 g/mol. The minimum atomic E-state index is 0.704. The van der Waals surface area contributed by atoms with Crippen LogP contribution in [0.3, 0.4) is 0 Å². The summed E-state index contributed by atoms with van der Waals surface area (Å²) in [6.45, 7) is 18.9. The van der Waals surface area contributed by atoms with Crippen LogP contribution < -0.4 is 5.73 Å². The Morgan fingerprint density at radius 1 is 0.966 bits per heavy atom. The second kappa shape index (κ2) is 21.1. The quantitative estimate of drug-likeness (QED) is 0.475. The zero-order valence-corrected chi connectivity index (χ0v) is 20.6. The Hall–Kier alpha value is -1.60. The van der Waals surface area contributed by atoms with Crippen molar-refractivity contribution in [3.8, 4) is 0 Å². The number of rotatable bonds is 6. The van der Waals surface area contributed by atoms with E-state index in [0.29, 0.717) is 6.54 Å². The van der Waals surface area contributed by atoms with Gasteiger partial charge in [0.1, 0.15) is 0 Å². The Kier molecular flexibility index (Phi) is 21.6. The molecule has 166 valence electrons. The summed E-state index contributed by atoms with van der Waals surface area (Å²) in [7, 11) is 0. The first-order valence-corrected chi connectivity index (χ1v) is 11.9. The van der Waals surface area contributed by atoms with Gasteiger partial charge >= 0.3 is 0 Å². The first-order chi connectivity index (χ1) is 14.1. The molecule has 2 N–H and O–H groups in total. The summed E-state index contributed by atoms with van der Waals surface area (Å²) in [5.74, 6) is 1.09. The summed E-state index contributed by atoms with van der Waals surface area (Å²) in [6.07, 6.45) is 15.9. The molecule has 0 atom stereocenters. The van der Waals surface area contributed by atoms with E-state index in [1.165, 1.54) is 60.8 Å². The highest BCUT2D eigenvalue weighted by Crippen LogP contribution is 2.25. The van der Waals surface area contributed by atoms with Gasteiger partial charge in [-0.1, -0.05) is 128 Å². The zero-order chi connectivity index (χ0) is 22.5. The fourth-order valence-electron chi connectivity index (χ4n) is 3.12. The van der Waals surface area contributed by atoms with E-state index in [-0.39, 0.29) is 0 Å². The molecule has 1 aromatic rings. The SMILES string of the molecule is C=C/C(C)=C\C=C(/C)c1ccc(CCN)cc1.CC.CC.CCC1CCCCC1. The molecule has 1 aliphatic carbocycles. The Morgan fingerprint density at radius 3 is 1.93 bits per heavy atom. The van der Waals surface area contributed by atoms with E-state index in [2.05, 4.69) is 56.8 Å². The minimum absolute atomic E-state index is 0.704. The second-order valence-electron chi connectivity index (χ2n) is 7.11. The van der Waals surface area contributed by atoms with Crippen molar-refractivity contribution in [3.05, 3.63) is 65.8 Å². The summed E-state index contributed by atoms with van der Waals surface area (Å²) >= 11 is 0. The lowest BCUT2D eigenvalue weighted by Crippen LogP contribution is -2.03. The second-order valence-corrected chi connectivity index (χ2v) is 7.11. The summed E-state index contributed by atoms with van der Waals surface area (Å²) in [4.78, 5) is 0. The van der Waals surface area contributed by atoms with Crippen molar-refractivity contribution in [1.29, 1.82) is 0 Å². The lowest BCUT2D eigenvalue weighted by atomic mass is 9.88. The van der Waals surface area contributed by atoms with Crippen molar-refractivity contribution in [1.82, 2.24) is 0 Å². The largest absolute Gasteiger partial charge is 0.330 e. The third kappa shape index (κ3) is 15.0. The van der Waals surface area contributed by atoms with E-state index in [0.717, 1.165) is 12.3 Å². The molecule has 2 rings (SSSR count). The average Bonchev–Trinajstić information content (AvgIpc) is 2.81. The van der Waals surface area contributed by atoms with Crippen LogP contribution in [-0.2, 0) is 6.42 Å². The fraction of sp³-hybridized carbons (Fsp3) is 0.571. The normalized spacial score (nSPS) is 14.3. The van der Waals surface area contributed by atoms with Gasteiger partial charge in [0.05, 0.1) is 0 Å². The van der Waals surface area contributed by atoms with Gasteiger partial charge in [-0.25, -0.2) is 0 Å². The molecule has 0 radical (unpaired) electrons. The molecule has 0 aromatic heterocycles. The monoisotopic (exact) mass is 399 g/mol. The molecule has 0 amide bonds. The van der Waals surface area contributed by atoms with Gasteiger partial charge < -0.3 is 5.73 Å². The maximum absolute atomic E-state index is 5.53. The smallest absolute Gasteiger partial charge is 0.00367 e. The number of hydrogen-bond donors (Lipinski definition) is 1. The summed E-state index contributed by atoms with van der Waals surface area (Å²) in [5.41, 5.74) is 10.5. The lowest BCUT2D eigenvalue weighted by molar-refractivity contribution is 0.349. The summed E-state index contributed by atoms with van der Waals surface area (Å²) in [6, 6.07) is 8.58. The highest BCUT2D eigenvalue weighted by molar-refractivity contribution is 5.65. The molecule has 1 fully saturated rings. The van der Waals surface area contributed by atoms with Crippen molar-refractivity contribution >= 4 is 5.57 Å². The van der Waals surface area contributed by atoms with Crippen LogP contribution in [0.1, 0.15) is 98.1 Å². The van der Waals surface area contributed by atoms with Crippen LogP contribution in [0.15, 0.2) is 54.6 Å². The summed E-state index contributed by atoms with van der Waals surface area (Å²) in [5, 5.41) is 0. The van der Waals surface area contributed by atoms with Crippen LogP contribution in [0.4, 0.5) is 0 Å². The molecule has 1 aliphatic rings. The number of nitrogens with two attached hydrogens (primary N) is 1. The fourth-order valence-corrected chi connectivity index (χ4v) is 3.12. The van der Waals surface area contributed by atoms with Crippen molar-refractivity contribution < 1.29 is 0 Å². The maximum Gasteiger partial charge on any atom is -0.00367 e. The highest BCUT2D eigenvalue weighted by atomic mass is 14.5. The zero-order valence-electron chi connectivity index (χ0n) is 20.6. The van der Waals surface area contributed by atoms with Crippen molar-refractivity contribution in [2.24, 2.45) is 11.7 Å². The van der Waals surface area contributed by atoms with E-state index in [4.69, 9.17) is 5.73 Å². The molecule has 1 aromatic carbocycles. The van der Waals surface area contributed by atoms with Gasteiger partial charge in [0.2, 0.25) is 0 Å². The molecule has 0 aliphatic heterocycles. The average molecular weight is 400 g/mol. The van der Waals surface area contributed by atoms with Crippen molar-refractivity contribution in [2.75, 3.05) is 6.54 Å². The summed E-state index contributed by atoms with van der Waals surface area (Å²) < 4.78 is 0. The molecular formula is C28H49N. The predicted octanol–water partition coefficient (Wildman–Crippen LogP) is 8.75. The van der Waals surface area contributed by atoms with Crippen LogP contribution >= 0.6 is 0 Å². The molecule has 1 nitrogen and oxygen atoms in total. The van der Waals surface area contributed by atoms with E-state index in [9.17, 15) is 0 Å². The van der Waals surface area contributed by atoms with Crippen LogP contribution in [0, 0.1) is 5.92 Å². The third-order valence-electron chi connectivity index (χ3n) is 5.06. The van der Waals surface area contributed by atoms with Crippen LogP contribution in [0.25, 0.3) is 5.57 Å². The molecule has 1 heteroatoms. The first-order valence-electron chi connectivity index (χ1n) is 11.9. The molecule has 0 saturated heterocycles. The molecule has 0 heterocycles. The Balaban J connectivity index is 0. The molecule has 0 bridgehead atoms. The van der Waals surface area contributed by atoms with Crippen LogP contribution in [0.5, 0.6) is 0 Å². The first kappa shape index (κ1) is 29.6. The Bertz CT molecular complexity index is 542. The van der Waals surface area contributed by atoms with Crippen molar-refractivity contribution in [3.63, 3.8) is 0 Å². The van der Waals surface area contributed by atoms with Gasteiger partial charge in [0, 0.05) is 0 Å². The minimum Gasteiger partial charge on any atom is -0.330 e.